The first kappa shape index (κ1) is 18.5. The molecule has 2 rings (SSSR count). The van der Waals surface area contributed by atoms with Gasteiger partial charge in [-0.05, 0) is 25.5 Å². The minimum absolute atomic E-state index is 0.148. The van der Waals surface area contributed by atoms with Gasteiger partial charge in [0, 0.05) is 12.1 Å². The zero-order valence-electron chi connectivity index (χ0n) is 13.6. The van der Waals surface area contributed by atoms with Crippen molar-refractivity contribution in [2.75, 3.05) is 11.9 Å². The van der Waals surface area contributed by atoms with E-state index >= 15 is 0 Å². The number of unbranched alkanes of at least 4 members (excludes halogenated alkanes) is 2. The summed E-state index contributed by atoms with van der Waals surface area (Å²) >= 11 is 0.825. The highest BCUT2D eigenvalue weighted by atomic mass is 32.2. The molecule has 0 atom stereocenters. The van der Waals surface area contributed by atoms with Crippen LogP contribution in [0.1, 0.15) is 42.1 Å². The molecule has 2 aromatic rings. The Hall–Kier alpha value is -1.84. The Kier molecular flexibility index (Phi) is 6.41. The van der Waals surface area contributed by atoms with E-state index in [1.807, 2.05) is 26.0 Å². The molecule has 2 N–H and O–H groups in total. The van der Waals surface area contributed by atoms with E-state index in [4.69, 9.17) is 0 Å². The van der Waals surface area contributed by atoms with Gasteiger partial charge in [-0.3, -0.25) is 10.1 Å². The van der Waals surface area contributed by atoms with Gasteiger partial charge in [-0.15, -0.1) is 10.2 Å². The molecule has 1 aromatic heterocycles. The zero-order valence-corrected chi connectivity index (χ0v) is 15.2. The van der Waals surface area contributed by atoms with Crippen LogP contribution in [0.3, 0.4) is 0 Å². The first-order valence-corrected chi connectivity index (χ1v) is 9.93. The number of amides is 1. The quantitative estimate of drug-likeness (QED) is 0.551. The summed E-state index contributed by atoms with van der Waals surface area (Å²) in [6.07, 6.45) is 2.73. The number of hydrogen-bond donors (Lipinski definition) is 2. The highest BCUT2D eigenvalue weighted by Gasteiger charge is 2.20. The van der Waals surface area contributed by atoms with Crippen LogP contribution < -0.4 is 10.0 Å². The molecule has 130 valence electrons. The van der Waals surface area contributed by atoms with Crippen LogP contribution in [0.2, 0.25) is 0 Å². The molecule has 1 aromatic carbocycles. The molecule has 0 aliphatic heterocycles. The maximum Gasteiger partial charge on any atom is 0.269 e. The smallest absolute Gasteiger partial charge is 0.269 e. The highest BCUT2D eigenvalue weighted by Crippen LogP contribution is 2.20. The third-order valence-corrected chi connectivity index (χ3v) is 5.91. The highest BCUT2D eigenvalue weighted by molar-refractivity contribution is 7.91. The van der Waals surface area contributed by atoms with Crippen molar-refractivity contribution < 1.29 is 13.2 Å². The Bertz CT molecular complexity index is 785. The summed E-state index contributed by atoms with van der Waals surface area (Å²) in [5.41, 5.74) is 1.52. The van der Waals surface area contributed by atoms with Gasteiger partial charge in [0.1, 0.15) is 0 Å². The Labute approximate surface area is 145 Å². The van der Waals surface area contributed by atoms with Crippen molar-refractivity contribution >= 4 is 32.4 Å². The summed E-state index contributed by atoms with van der Waals surface area (Å²) < 4.78 is 26.5. The van der Waals surface area contributed by atoms with E-state index in [2.05, 4.69) is 20.2 Å². The van der Waals surface area contributed by atoms with E-state index in [9.17, 15) is 13.2 Å². The number of sulfonamides is 1. The van der Waals surface area contributed by atoms with Gasteiger partial charge in [0.15, 0.2) is 0 Å². The number of carbonyl (C=O) groups excluding carboxylic acids is 1. The minimum atomic E-state index is -3.68. The Balaban J connectivity index is 1.99. The summed E-state index contributed by atoms with van der Waals surface area (Å²) in [5.74, 6) is -0.356. The molecule has 0 aliphatic carbocycles. The third kappa shape index (κ3) is 5.08. The lowest BCUT2D eigenvalue weighted by atomic mass is 10.1. The fourth-order valence-electron chi connectivity index (χ4n) is 1.89. The van der Waals surface area contributed by atoms with E-state index in [1.165, 1.54) is 0 Å². The van der Waals surface area contributed by atoms with Gasteiger partial charge in [-0.1, -0.05) is 48.8 Å². The summed E-state index contributed by atoms with van der Waals surface area (Å²) in [6, 6.07) is 7.04. The molecule has 1 heterocycles. The van der Waals surface area contributed by atoms with E-state index in [0.29, 0.717) is 12.1 Å². The van der Waals surface area contributed by atoms with Crippen molar-refractivity contribution in [2.24, 2.45) is 0 Å². The summed E-state index contributed by atoms with van der Waals surface area (Å²) in [6.45, 7) is 4.33. The second kappa shape index (κ2) is 8.32. The number of benzene rings is 1. The van der Waals surface area contributed by atoms with Crippen molar-refractivity contribution in [3.05, 3.63) is 35.4 Å². The van der Waals surface area contributed by atoms with Crippen molar-refractivity contribution in [3.63, 3.8) is 0 Å². The van der Waals surface area contributed by atoms with Gasteiger partial charge in [0.25, 0.3) is 15.9 Å². The summed E-state index contributed by atoms with van der Waals surface area (Å²) in [4.78, 5) is 12.1. The molecule has 0 spiro atoms. The van der Waals surface area contributed by atoms with Crippen LogP contribution in [-0.4, -0.2) is 31.1 Å². The van der Waals surface area contributed by atoms with E-state index in [0.717, 1.165) is 36.2 Å². The second-order valence-electron chi connectivity index (χ2n) is 5.30. The van der Waals surface area contributed by atoms with Crippen molar-refractivity contribution in [1.29, 1.82) is 0 Å². The maximum atomic E-state index is 12.1. The minimum Gasteiger partial charge on any atom is -0.296 e. The molecule has 0 saturated carbocycles. The molecule has 0 fully saturated rings. The van der Waals surface area contributed by atoms with E-state index < -0.39 is 10.0 Å². The lowest BCUT2D eigenvalue weighted by Crippen LogP contribution is -2.24. The van der Waals surface area contributed by atoms with Crippen LogP contribution in [0, 0.1) is 6.92 Å². The zero-order chi connectivity index (χ0) is 17.6. The molecule has 9 heteroatoms. The molecular weight excluding hydrogens is 348 g/mol. The lowest BCUT2D eigenvalue weighted by Gasteiger charge is -2.02. The molecule has 0 unspecified atom stereocenters. The predicted octanol–water partition coefficient (Wildman–Crippen LogP) is 2.57. The summed E-state index contributed by atoms with van der Waals surface area (Å²) in [5, 5.41) is 10.1. The number of aromatic nitrogens is 2. The van der Waals surface area contributed by atoms with E-state index in [-0.39, 0.29) is 15.4 Å². The number of rotatable bonds is 8. The number of anilines is 1. The number of nitrogens with one attached hydrogen (secondary N) is 2. The average molecular weight is 368 g/mol. The van der Waals surface area contributed by atoms with Crippen molar-refractivity contribution in [1.82, 2.24) is 14.9 Å². The molecule has 24 heavy (non-hydrogen) atoms. The SMILES string of the molecule is CCCCCNS(=O)(=O)c1nnc(NC(=O)c2ccc(C)cc2)s1. The molecule has 0 aliphatic rings. The normalized spacial score (nSPS) is 11.4. The lowest BCUT2D eigenvalue weighted by molar-refractivity contribution is 0.102. The van der Waals surface area contributed by atoms with Crippen molar-refractivity contribution in [3.8, 4) is 0 Å². The number of aryl methyl sites for hydroxylation is 1. The first-order chi connectivity index (χ1) is 11.4. The fourth-order valence-corrected chi connectivity index (χ4v) is 3.90. The Morgan fingerprint density at radius 3 is 2.54 bits per heavy atom. The van der Waals surface area contributed by atoms with Gasteiger partial charge < -0.3 is 0 Å². The number of hydrogen-bond acceptors (Lipinski definition) is 6. The second-order valence-corrected chi connectivity index (χ2v) is 8.22. The van der Waals surface area contributed by atoms with Crippen LogP contribution in [0.25, 0.3) is 0 Å². The molecular formula is C15H20N4O3S2. The van der Waals surface area contributed by atoms with Gasteiger partial charge >= 0.3 is 0 Å². The fraction of sp³-hybridized carbons (Fsp3) is 0.400. The number of nitrogens with zero attached hydrogens (tertiary/aromatic N) is 2. The van der Waals surface area contributed by atoms with Crippen LogP contribution in [0.4, 0.5) is 5.13 Å². The standard InChI is InChI=1S/C15H20N4O3S2/c1-3-4-5-10-16-24(21,22)15-19-18-14(23-15)17-13(20)12-8-6-11(2)7-9-12/h6-9,16H,3-5,10H2,1-2H3,(H,17,18,20). The van der Waals surface area contributed by atoms with Crippen LogP contribution in [-0.2, 0) is 10.0 Å². The summed E-state index contributed by atoms with van der Waals surface area (Å²) in [7, 11) is -3.68. The molecule has 0 bridgehead atoms. The van der Waals surface area contributed by atoms with Crippen LogP contribution >= 0.6 is 11.3 Å². The Morgan fingerprint density at radius 1 is 1.17 bits per heavy atom. The molecule has 0 radical (unpaired) electrons. The molecule has 0 saturated heterocycles. The van der Waals surface area contributed by atoms with Crippen LogP contribution in [0.5, 0.6) is 0 Å². The topological polar surface area (TPSA) is 101 Å². The first-order valence-electron chi connectivity index (χ1n) is 7.63. The van der Waals surface area contributed by atoms with Gasteiger partial charge in [-0.2, -0.15) is 0 Å². The van der Waals surface area contributed by atoms with Gasteiger partial charge in [0.2, 0.25) is 9.47 Å². The molecule has 1 amide bonds. The third-order valence-electron chi connectivity index (χ3n) is 3.24. The number of carbonyl (C=O) groups is 1. The average Bonchev–Trinajstić information content (AvgIpc) is 3.01. The molecule has 7 nitrogen and oxygen atoms in total. The maximum absolute atomic E-state index is 12.1. The van der Waals surface area contributed by atoms with E-state index in [1.54, 1.807) is 12.1 Å². The van der Waals surface area contributed by atoms with Gasteiger partial charge in [-0.25, -0.2) is 13.1 Å². The van der Waals surface area contributed by atoms with Crippen LogP contribution in [0.15, 0.2) is 28.6 Å². The van der Waals surface area contributed by atoms with Gasteiger partial charge in [0.05, 0.1) is 0 Å². The monoisotopic (exact) mass is 368 g/mol. The Morgan fingerprint density at radius 2 is 1.88 bits per heavy atom. The van der Waals surface area contributed by atoms with Crippen molar-refractivity contribution in [2.45, 2.75) is 37.4 Å². The largest absolute Gasteiger partial charge is 0.296 e. The predicted molar refractivity (Wildman–Crippen MR) is 93.8 cm³/mol.